The topological polar surface area (TPSA) is 134 Å². The highest BCUT2D eigenvalue weighted by molar-refractivity contribution is 7.47. The predicted molar refractivity (Wildman–Crippen MR) is 247 cm³/mol. The summed E-state index contributed by atoms with van der Waals surface area (Å²) in [6.45, 7) is 3.76. The van der Waals surface area contributed by atoms with E-state index in [9.17, 15) is 19.0 Å². The maximum atomic E-state index is 12.6. The maximum Gasteiger partial charge on any atom is 0.472 e. The molecule has 0 heterocycles. The zero-order valence-electron chi connectivity index (χ0n) is 38.5. The molecule has 59 heavy (non-hydrogen) atoms. The molecule has 0 fully saturated rings. The van der Waals surface area contributed by atoms with Crippen LogP contribution in [0.1, 0.15) is 245 Å². The number of hydrogen-bond acceptors (Lipinski definition) is 8. The molecule has 0 aliphatic heterocycles. The Hall–Kier alpha value is -1.51. The molecule has 0 amide bonds. The molecule has 9 nitrogen and oxygen atoms in total. The van der Waals surface area contributed by atoms with E-state index >= 15 is 0 Å². The minimum Gasteiger partial charge on any atom is -0.462 e. The Bertz CT molecular complexity index is 1020. The molecule has 348 valence electrons. The molecule has 0 aliphatic carbocycles. The zero-order valence-corrected chi connectivity index (χ0v) is 39.4. The van der Waals surface area contributed by atoms with Crippen LogP contribution < -0.4 is 5.73 Å². The lowest BCUT2D eigenvalue weighted by molar-refractivity contribution is -0.161. The number of nitrogens with two attached hydrogens (primary N) is 1. The largest absolute Gasteiger partial charge is 0.472 e. The van der Waals surface area contributed by atoms with Crippen LogP contribution in [0.5, 0.6) is 0 Å². The standard InChI is InChI=1S/C49H94NO8P/c1-3-5-7-9-11-13-15-17-19-21-22-23-24-26-27-29-31-33-35-37-39-41-48(51)55-45-47(46-57-59(53,54)56-44-43-50)58-49(52)42-40-38-36-34-32-30-28-25-20-18-16-14-12-10-8-6-4-2/h17-20,47H,3-16,21-46,50H2,1-2H3,(H,53,54). The molecule has 0 saturated carbocycles. The van der Waals surface area contributed by atoms with Gasteiger partial charge in [-0.25, -0.2) is 4.57 Å². The average molecular weight is 856 g/mol. The fourth-order valence-corrected chi connectivity index (χ4v) is 7.86. The van der Waals surface area contributed by atoms with Crippen LogP contribution >= 0.6 is 7.82 Å². The van der Waals surface area contributed by atoms with Crippen LogP contribution in [-0.4, -0.2) is 49.3 Å². The number of hydrogen-bond donors (Lipinski definition) is 2. The number of unbranched alkanes of at least 4 members (excludes halogenated alkanes) is 30. The molecule has 0 radical (unpaired) electrons. The number of phosphoric ester groups is 1. The molecule has 0 aromatic carbocycles. The van der Waals surface area contributed by atoms with Crippen LogP contribution in [0, 0.1) is 0 Å². The van der Waals surface area contributed by atoms with Crippen molar-refractivity contribution in [3.8, 4) is 0 Å². The number of carbonyl (C=O) groups is 2. The highest BCUT2D eigenvalue weighted by Crippen LogP contribution is 2.43. The Morgan fingerprint density at radius 3 is 1.20 bits per heavy atom. The van der Waals surface area contributed by atoms with Crippen molar-refractivity contribution in [2.75, 3.05) is 26.4 Å². The van der Waals surface area contributed by atoms with E-state index in [0.29, 0.717) is 6.42 Å². The first-order valence-electron chi connectivity index (χ1n) is 24.8. The lowest BCUT2D eigenvalue weighted by Gasteiger charge is -2.19. The normalized spacial score (nSPS) is 13.4. The summed E-state index contributed by atoms with van der Waals surface area (Å²) in [4.78, 5) is 35.0. The van der Waals surface area contributed by atoms with Gasteiger partial charge in [-0.3, -0.25) is 18.6 Å². The molecule has 0 rings (SSSR count). The van der Waals surface area contributed by atoms with E-state index in [4.69, 9.17) is 24.3 Å². The smallest absolute Gasteiger partial charge is 0.462 e. The third-order valence-electron chi connectivity index (χ3n) is 10.8. The highest BCUT2D eigenvalue weighted by atomic mass is 31.2. The van der Waals surface area contributed by atoms with Crippen LogP contribution in [0.3, 0.4) is 0 Å². The zero-order chi connectivity index (χ0) is 43.2. The van der Waals surface area contributed by atoms with Gasteiger partial charge in [0, 0.05) is 19.4 Å². The second-order valence-corrected chi connectivity index (χ2v) is 18.1. The minimum absolute atomic E-state index is 0.0541. The Labute approximate surface area is 363 Å². The summed E-state index contributed by atoms with van der Waals surface area (Å²) in [6, 6.07) is 0. The Kier molecular flexibility index (Phi) is 44.8. The van der Waals surface area contributed by atoms with Gasteiger partial charge in [-0.05, 0) is 64.2 Å². The lowest BCUT2D eigenvalue weighted by Crippen LogP contribution is -2.29. The van der Waals surface area contributed by atoms with Gasteiger partial charge in [0.1, 0.15) is 6.61 Å². The molecule has 0 aliphatic rings. The van der Waals surface area contributed by atoms with Gasteiger partial charge in [-0.1, -0.05) is 192 Å². The summed E-state index contributed by atoms with van der Waals surface area (Å²) in [7, 11) is -4.38. The van der Waals surface area contributed by atoms with E-state index < -0.39 is 26.5 Å². The van der Waals surface area contributed by atoms with Gasteiger partial charge in [0.05, 0.1) is 13.2 Å². The van der Waals surface area contributed by atoms with Crippen LogP contribution in [0.2, 0.25) is 0 Å². The molecule has 2 unspecified atom stereocenters. The van der Waals surface area contributed by atoms with E-state index in [1.165, 1.54) is 167 Å². The first kappa shape index (κ1) is 57.5. The molecule has 10 heteroatoms. The predicted octanol–water partition coefficient (Wildman–Crippen LogP) is 14.7. The van der Waals surface area contributed by atoms with Gasteiger partial charge < -0.3 is 20.1 Å². The van der Waals surface area contributed by atoms with Crippen molar-refractivity contribution < 1.29 is 37.6 Å². The number of ether oxygens (including phenoxy) is 2. The third-order valence-corrected chi connectivity index (χ3v) is 11.8. The molecule has 0 spiro atoms. The van der Waals surface area contributed by atoms with Crippen molar-refractivity contribution in [1.29, 1.82) is 0 Å². The Balaban J connectivity index is 4.04. The molecular weight excluding hydrogens is 762 g/mol. The Morgan fingerprint density at radius 1 is 0.492 bits per heavy atom. The molecule has 0 bridgehead atoms. The number of phosphoric acid groups is 1. The number of esters is 2. The van der Waals surface area contributed by atoms with Gasteiger partial charge in [-0.15, -0.1) is 0 Å². The van der Waals surface area contributed by atoms with E-state index in [0.717, 1.165) is 44.9 Å². The van der Waals surface area contributed by atoms with Crippen molar-refractivity contribution in [1.82, 2.24) is 0 Å². The van der Waals surface area contributed by atoms with E-state index in [2.05, 4.69) is 38.2 Å². The van der Waals surface area contributed by atoms with Gasteiger partial charge in [0.2, 0.25) is 0 Å². The summed E-state index contributed by atoms with van der Waals surface area (Å²) in [5, 5.41) is 0. The van der Waals surface area contributed by atoms with Crippen molar-refractivity contribution in [2.24, 2.45) is 5.73 Å². The second-order valence-electron chi connectivity index (χ2n) is 16.7. The van der Waals surface area contributed by atoms with Crippen LogP contribution in [0.25, 0.3) is 0 Å². The highest BCUT2D eigenvalue weighted by Gasteiger charge is 2.26. The van der Waals surface area contributed by atoms with Gasteiger partial charge in [0.25, 0.3) is 0 Å². The fraction of sp³-hybridized carbons (Fsp3) is 0.878. The summed E-state index contributed by atoms with van der Waals surface area (Å²) in [5.41, 5.74) is 5.36. The third kappa shape index (κ3) is 45.8. The summed E-state index contributed by atoms with van der Waals surface area (Å²) in [5.74, 6) is -0.824. The van der Waals surface area contributed by atoms with Gasteiger partial charge >= 0.3 is 19.8 Å². The molecule has 0 saturated heterocycles. The first-order chi connectivity index (χ1) is 28.8. The van der Waals surface area contributed by atoms with Crippen molar-refractivity contribution >= 4 is 19.8 Å². The SMILES string of the molecule is CCCCCCCCC=CCCCCCCCCCCCCCC(=O)OCC(COP(=O)(O)OCCN)OC(=O)CCCCCCCCCC=CCCCCCCCC. The summed E-state index contributed by atoms with van der Waals surface area (Å²) >= 11 is 0. The van der Waals surface area contributed by atoms with E-state index in [1.807, 2.05) is 0 Å². The molecule has 0 aromatic rings. The molecule has 2 atom stereocenters. The first-order valence-corrected chi connectivity index (χ1v) is 26.3. The fourth-order valence-electron chi connectivity index (χ4n) is 7.10. The molecular formula is C49H94NO8P. The van der Waals surface area contributed by atoms with Crippen molar-refractivity contribution in [2.45, 2.75) is 251 Å². The maximum absolute atomic E-state index is 12.6. The molecule has 0 aromatic heterocycles. The minimum atomic E-state index is -4.38. The monoisotopic (exact) mass is 856 g/mol. The van der Waals surface area contributed by atoms with Gasteiger partial charge in [0.15, 0.2) is 6.10 Å². The lowest BCUT2D eigenvalue weighted by atomic mass is 10.0. The number of allylic oxidation sites excluding steroid dienone is 4. The number of rotatable bonds is 47. The summed E-state index contributed by atoms with van der Waals surface area (Å²) in [6.07, 6.45) is 50.7. The Morgan fingerprint density at radius 2 is 0.831 bits per heavy atom. The van der Waals surface area contributed by atoms with Crippen molar-refractivity contribution in [3.63, 3.8) is 0 Å². The quantitative estimate of drug-likeness (QED) is 0.0265. The van der Waals surface area contributed by atoms with E-state index in [-0.39, 0.29) is 38.6 Å². The van der Waals surface area contributed by atoms with Crippen LogP contribution in [0.4, 0.5) is 0 Å². The van der Waals surface area contributed by atoms with Crippen molar-refractivity contribution in [3.05, 3.63) is 24.3 Å². The van der Waals surface area contributed by atoms with Crippen LogP contribution in [0.15, 0.2) is 24.3 Å². The number of carbonyl (C=O) groups excluding carboxylic acids is 2. The van der Waals surface area contributed by atoms with Crippen LogP contribution in [-0.2, 0) is 32.7 Å². The average Bonchev–Trinajstić information content (AvgIpc) is 3.22. The second kappa shape index (κ2) is 46.0. The molecule has 3 N–H and O–H groups in total. The summed E-state index contributed by atoms with van der Waals surface area (Å²) < 4.78 is 32.9. The van der Waals surface area contributed by atoms with Gasteiger partial charge in [-0.2, -0.15) is 0 Å². The van der Waals surface area contributed by atoms with E-state index in [1.54, 1.807) is 0 Å².